The van der Waals surface area contributed by atoms with E-state index in [-0.39, 0.29) is 6.10 Å². The third-order valence-electron chi connectivity index (χ3n) is 3.83. The first kappa shape index (κ1) is 8.31. The van der Waals surface area contributed by atoms with Gasteiger partial charge in [0, 0.05) is 5.92 Å². The second-order valence-electron chi connectivity index (χ2n) is 4.47. The molecule has 0 heterocycles. The van der Waals surface area contributed by atoms with Gasteiger partial charge in [-0.3, -0.25) is 0 Å². The van der Waals surface area contributed by atoms with E-state index >= 15 is 0 Å². The number of aliphatic hydroxyl groups excluding tert-OH is 1. The van der Waals surface area contributed by atoms with E-state index in [0.29, 0.717) is 11.3 Å². The van der Waals surface area contributed by atoms with Gasteiger partial charge in [-0.15, -0.1) is 6.58 Å². The van der Waals surface area contributed by atoms with Crippen LogP contribution in [-0.4, -0.2) is 11.2 Å². The van der Waals surface area contributed by atoms with Crippen LogP contribution in [0.3, 0.4) is 0 Å². The van der Waals surface area contributed by atoms with Crippen molar-refractivity contribution in [1.82, 2.24) is 0 Å². The van der Waals surface area contributed by atoms with Crippen LogP contribution in [0.1, 0.15) is 38.5 Å². The lowest BCUT2D eigenvalue weighted by Crippen LogP contribution is -2.52. The van der Waals surface area contributed by atoms with Crippen molar-refractivity contribution in [2.75, 3.05) is 0 Å². The minimum absolute atomic E-state index is 0.0738. The normalized spacial score (nSPS) is 39.1. The van der Waals surface area contributed by atoms with Crippen molar-refractivity contribution in [3.05, 3.63) is 12.7 Å². The van der Waals surface area contributed by atoms with Gasteiger partial charge >= 0.3 is 0 Å². The van der Waals surface area contributed by atoms with Crippen LogP contribution in [0.5, 0.6) is 0 Å². The van der Waals surface area contributed by atoms with Gasteiger partial charge in [0.05, 0.1) is 6.10 Å². The van der Waals surface area contributed by atoms with Gasteiger partial charge in [0.2, 0.25) is 0 Å². The van der Waals surface area contributed by atoms with Crippen molar-refractivity contribution in [1.29, 1.82) is 0 Å². The molecule has 1 spiro atoms. The van der Waals surface area contributed by atoms with E-state index in [9.17, 15) is 5.11 Å². The van der Waals surface area contributed by atoms with Crippen LogP contribution in [0.25, 0.3) is 0 Å². The second kappa shape index (κ2) is 2.88. The van der Waals surface area contributed by atoms with Gasteiger partial charge in [0.15, 0.2) is 0 Å². The molecule has 0 bridgehead atoms. The monoisotopic (exact) mass is 166 g/mol. The van der Waals surface area contributed by atoms with Crippen LogP contribution in [0, 0.1) is 11.3 Å². The third-order valence-corrected chi connectivity index (χ3v) is 3.83. The first-order valence-electron chi connectivity index (χ1n) is 5.09. The summed E-state index contributed by atoms with van der Waals surface area (Å²) in [6, 6.07) is 0. The Balaban J connectivity index is 2.00. The zero-order valence-corrected chi connectivity index (χ0v) is 7.63. The fraction of sp³-hybridized carbons (Fsp3) is 0.818. The molecule has 2 aliphatic carbocycles. The first-order valence-corrected chi connectivity index (χ1v) is 5.09. The molecule has 0 aliphatic heterocycles. The number of aliphatic hydroxyl groups is 1. The van der Waals surface area contributed by atoms with Crippen molar-refractivity contribution < 1.29 is 5.11 Å². The Labute approximate surface area is 74.5 Å². The van der Waals surface area contributed by atoms with Crippen molar-refractivity contribution in [3.63, 3.8) is 0 Å². The number of hydrogen-bond donors (Lipinski definition) is 1. The summed E-state index contributed by atoms with van der Waals surface area (Å²) in [5.74, 6) is 0.392. The number of rotatable bonds is 1. The lowest BCUT2D eigenvalue weighted by molar-refractivity contribution is -0.121. The Morgan fingerprint density at radius 2 is 1.92 bits per heavy atom. The summed E-state index contributed by atoms with van der Waals surface area (Å²) in [6.07, 6.45) is 9.55. The predicted molar refractivity (Wildman–Crippen MR) is 49.8 cm³/mol. The average Bonchev–Trinajstić information content (AvgIpc) is 2.15. The first-order chi connectivity index (χ1) is 5.78. The van der Waals surface area contributed by atoms with E-state index in [4.69, 9.17) is 0 Å². The van der Waals surface area contributed by atoms with Crippen LogP contribution < -0.4 is 0 Å². The van der Waals surface area contributed by atoms with E-state index in [1.54, 1.807) is 0 Å². The van der Waals surface area contributed by atoms with Crippen molar-refractivity contribution in [3.8, 4) is 0 Å². The van der Waals surface area contributed by atoms with Gasteiger partial charge in [0.1, 0.15) is 0 Å². The lowest BCUT2D eigenvalue weighted by Gasteiger charge is -2.54. The third kappa shape index (κ3) is 1.03. The topological polar surface area (TPSA) is 20.2 Å². The standard InChI is InChI=1S/C11H18O/c1-2-9-8-11(10(9)12)6-4-3-5-7-11/h2,9-10,12H,1,3-8H2/t9-,10+/m1/s1. The predicted octanol–water partition coefficient (Wildman–Crippen LogP) is 2.50. The molecular formula is C11H18O. The largest absolute Gasteiger partial charge is 0.392 e. The van der Waals surface area contributed by atoms with Gasteiger partial charge < -0.3 is 5.11 Å². The quantitative estimate of drug-likeness (QED) is 0.593. The van der Waals surface area contributed by atoms with Crippen molar-refractivity contribution in [2.45, 2.75) is 44.6 Å². The highest BCUT2D eigenvalue weighted by Crippen LogP contribution is 2.54. The van der Waals surface area contributed by atoms with E-state index in [1.165, 1.54) is 38.5 Å². The molecule has 68 valence electrons. The highest BCUT2D eigenvalue weighted by Gasteiger charge is 2.51. The Bertz CT molecular complexity index is 179. The van der Waals surface area contributed by atoms with Crippen molar-refractivity contribution in [2.24, 2.45) is 11.3 Å². The molecule has 2 saturated carbocycles. The lowest BCUT2D eigenvalue weighted by atomic mass is 9.54. The zero-order valence-electron chi connectivity index (χ0n) is 7.63. The fourth-order valence-electron chi connectivity index (χ4n) is 2.96. The van der Waals surface area contributed by atoms with E-state index < -0.39 is 0 Å². The molecule has 0 aromatic heterocycles. The van der Waals surface area contributed by atoms with Crippen LogP contribution in [0.2, 0.25) is 0 Å². The molecule has 0 aromatic rings. The summed E-state index contributed by atoms with van der Waals surface area (Å²) >= 11 is 0. The van der Waals surface area contributed by atoms with Gasteiger partial charge in [0.25, 0.3) is 0 Å². The molecule has 0 unspecified atom stereocenters. The maximum Gasteiger partial charge on any atom is 0.0659 e. The minimum Gasteiger partial charge on any atom is -0.392 e. The van der Waals surface area contributed by atoms with Gasteiger partial charge in [-0.25, -0.2) is 0 Å². The molecule has 0 saturated heterocycles. The minimum atomic E-state index is -0.0738. The Morgan fingerprint density at radius 3 is 2.42 bits per heavy atom. The summed E-state index contributed by atoms with van der Waals surface area (Å²) in [5.41, 5.74) is 0.317. The molecular weight excluding hydrogens is 148 g/mol. The van der Waals surface area contributed by atoms with Crippen LogP contribution >= 0.6 is 0 Å². The maximum atomic E-state index is 9.91. The molecule has 2 fully saturated rings. The molecule has 2 aliphatic rings. The van der Waals surface area contributed by atoms with Gasteiger partial charge in [-0.05, 0) is 24.7 Å². The summed E-state index contributed by atoms with van der Waals surface area (Å²) < 4.78 is 0. The summed E-state index contributed by atoms with van der Waals surface area (Å²) in [6.45, 7) is 3.75. The highest BCUT2D eigenvalue weighted by molar-refractivity contribution is 5.08. The van der Waals surface area contributed by atoms with Crippen molar-refractivity contribution >= 4 is 0 Å². The molecule has 12 heavy (non-hydrogen) atoms. The molecule has 0 aromatic carbocycles. The van der Waals surface area contributed by atoms with E-state index in [1.807, 2.05) is 6.08 Å². The van der Waals surface area contributed by atoms with Gasteiger partial charge in [-0.1, -0.05) is 25.3 Å². The molecule has 0 radical (unpaired) electrons. The van der Waals surface area contributed by atoms with Crippen LogP contribution in [0.4, 0.5) is 0 Å². The smallest absolute Gasteiger partial charge is 0.0659 e. The fourth-order valence-corrected chi connectivity index (χ4v) is 2.96. The molecule has 1 heteroatoms. The zero-order chi connectivity index (χ0) is 8.60. The van der Waals surface area contributed by atoms with E-state index in [0.717, 1.165) is 0 Å². The highest BCUT2D eigenvalue weighted by atomic mass is 16.3. The molecule has 0 amide bonds. The average molecular weight is 166 g/mol. The molecule has 1 N–H and O–H groups in total. The molecule has 1 nitrogen and oxygen atoms in total. The molecule has 2 rings (SSSR count). The summed E-state index contributed by atoms with van der Waals surface area (Å²) in [7, 11) is 0. The summed E-state index contributed by atoms with van der Waals surface area (Å²) in [5, 5.41) is 9.91. The number of hydrogen-bond acceptors (Lipinski definition) is 1. The summed E-state index contributed by atoms with van der Waals surface area (Å²) in [4.78, 5) is 0. The molecule has 2 atom stereocenters. The SMILES string of the molecule is C=C[C@@H]1CC2(CCCCC2)[C@H]1O. The van der Waals surface area contributed by atoms with Gasteiger partial charge in [-0.2, -0.15) is 0 Å². The maximum absolute atomic E-state index is 9.91. The Hall–Kier alpha value is -0.300. The van der Waals surface area contributed by atoms with Crippen LogP contribution in [0.15, 0.2) is 12.7 Å². The Morgan fingerprint density at radius 1 is 1.25 bits per heavy atom. The second-order valence-corrected chi connectivity index (χ2v) is 4.47. The Kier molecular flexibility index (Phi) is 1.99. The van der Waals surface area contributed by atoms with Crippen LogP contribution in [-0.2, 0) is 0 Å². The van der Waals surface area contributed by atoms with E-state index in [2.05, 4.69) is 6.58 Å².